The molecule has 2 aromatic carbocycles. The fourth-order valence-corrected chi connectivity index (χ4v) is 3.48. The number of halogens is 1. The molecule has 0 aliphatic carbocycles. The number of carbonyl (C=O) groups is 1. The van der Waals surface area contributed by atoms with Crippen LogP contribution in [0, 0.1) is 0 Å². The topological polar surface area (TPSA) is 44.8 Å². The summed E-state index contributed by atoms with van der Waals surface area (Å²) in [6, 6.07) is 7.86. The number of fused-ring (bicyclic) bond motifs is 1. The van der Waals surface area contributed by atoms with Crippen LogP contribution in [0.5, 0.6) is 11.5 Å². The molecule has 0 saturated heterocycles. The Morgan fingerprint density at radius 1 is 1.08 bits per heavy atom. The molecule has 0 aliphatic heterocycles. The van der Waals surface area contributed by atoms with Crippen molar-refractivity contribution in [2.24, 2.45) is 0 Å². The van der Waals surface area contributed by atoms with E-state index >= 15 is 0 Å². The van der Waals surface area contributed by atoms with E-state index in [2.05, 4.69) is 15.9 Å². The highest BCUT2D eigenvalue weighted by molar-refractivity contribution is 9.10. The lowest BCUT2D eigenvalue weighted by Gasteiger charge is -2.17. The van der Waals surface area contributed by atoms with Gasteiger partial charge in [0.25, 0.3) is 0 Å². The van der Waals surface area contributed by atoms with Crippen molar-refractivity contribution in [3.05, 3.63) is 39.9 Å². The molecule has 0 saturated carbocycles. The van der Waals surface area contributed by atoms with Gasteiger partial charge >= 0.3 is 5.97 Å². The first-order chi connectivity index (χ1) is 12.1. The number of rotatable bonds is 7. The Morgan fingerprint density at radius 2 is 1.68 bits per heavy atom. The third kappa shape index (κ3) is 3.98. The van der Waals surface area contributed by atoms with Crippen LogP contribution in [0.25, 0.3) is 16.8 Å². The highest BCUT2D eigenvalue weighted by Crippen LogP contribution is 2.44. The molecule has 25 heavy (non-hydrogen) atoms. The summed E-state index contributed by atoms with van der Waals surface area (Å²) in [5.74, 6) is 1.11. The third-order valence-electron chi connectivity index (χ3n) is 3.88. The van der Waals surface area contributed by atoms with Gasteiger partial charge in [0.05, 0.1) is 25.3 Å². The zero-order chi connectivity index (χ0) is 18.4. The first-order valence-corrected chi connectivity index (χ1v) is 9.08. The lowest BCUT2D eigenvalue weighted by molar-refractivity contribution is -0.138. The van der Waals surface area contributed by atoms with Crippen LogP contribution in [-0.4, -0.2) is 26.8 Å². The van der Waals surface area contributed by atoms with E-state index in [-0.39, 0.29) is 5.97 Å². The Hall–Kier alpha value is -2.01. The van der Waals surface area contributed by atoms with Crippen molar-refractivity contribution in [2.75, 3.05) is 20.8 Å². The number of benzene rings is 2. The zero-order valence-electron chi connectivity index (χ0n) is 15.0. The average Bonchev–Trinajstić information content (AvgIpc) is 2.62. The van der Waals surface area contributed by atoms with Crippen LogP contribution in [0.1, 0.15) is 32.3 Å². The second kappa shape index (κ2) is 8.90. The van der Waals surface area contributed by atoms with Crippen molar-refractivity contribution < 1.29 is 19.0 Å². The van der Waals surface area contributed by atoms with Crippen molar-refractivity contribution in [2.45, 2.75) is 26.7 Å². The van der Waals surface area contributed by atoms with Gasteiger partial charge in [-0.2, -0.15) is 0 Å². The summed E-state index contributed by atoms with van der Waals surface area (Å²) in [5.41, 5.74) is 1.38. The molecule has 0 radical (unpaired) electrons. The van der Waals surface area contributed by atoms with Gasteiger partial charge in [0.15, 0.2) is 0 Å². The molecule has 0 amide bonds. The normalized spacial score (nSPS) is 11.5. The van der Waals surface area contributed by atoms with E-state index in [9.17, 15) is 4.79 Å². The minimum atomic E-state index is -0.301. The maximum atomic E-state index is 12.3. The predicted octanol–water partition coefficient (Wildman–Crippen LogP) is 5.37. The summed E-state index contributed by atoms with van der Waals surface area (Å²) in [4.78, 5) is 12.3. The molecule has 4 nitrogen and oxygen atoms in total. The minimum absolute atomic E-state index is 0.301. The summed E-state index contributed by atoms with van der Waals surface area (Å²) in [6.45, 7) is 4.18. The minimum Gasteiger partial charge on any atom is -0.495 e. The summed E-state index contributed by atoms with van der Waals surface area (Å²) in [6.07, 6.45) is 3.30. The van der Waals surface area contributed by atoms with E-state index in [1.54, 1.807) is 21.1 Å². The van der Waals surface area contributed by atoms with E-state index in [0.717, 1.165) is 27.2 Å². The van der Waals surface area contributed by atoms with Gasteiger partial charge in [-0.05, 0) is 35.4 Å². The molecule has 5 heteroatoms. The van der Waals surface area contributed by atoms with Crippen molar-refractivity contribution in [1.82, 2.24) is 0 Å². The van der Waals surface area contributed by atoms with E-state index in [4.69, 9.17) is 14.2 Å². The first-order valence-electron chi connectivity index (χ1n) is 8.28. The van der Waals surface area contributed by atoms with Crippen LogP contribution in [0.4, 0.5) is 0 Å². The molecule has 0 unspecified atom stereocenters. The lowest BCUT2D eigenvalue weighted by Crippen LogP contribution is -2.08. The Balaban J connectivity index is 2.76. The van der Waals surface area contributed by atoms with Gasteiger partial charge in [0.1, 0.15) is 11.5 Å². The Bertz CT molecular complexity index is 796. The summed E-state index contributed by atoms with van der Waals surface area (Å²) < 4.78 is 17.2. The maximum absolute atomic E-state index is 12.3. The van der Waals surface area contributed by atoms with E-state index in [1.807, 2.05) is 37.3 Å². The van der Waals surface area contributed by atoms with Gasteiger partial charge in [-0.3, -0.25) is 0 Å². The van der Waals surface area contributed by atoms with Crippen molar-refractivity contribution in [1.29, 1.82) is 0 Å². The van der Waals surface area contributed by atoms with Gasteiger partial charge in [-0.1, -0.05) is 37.6 Å². The summed E-state index contributed by atoms with van der Waals surface area (Å²) >= 11 is 3.62. The second-order valence-corrected chi connectivity index (χ2v) is 6.27. The van der Waals surface area contributed by atoms with Crippen LogP contribution < -0.4 is 9.47 Å². The lowest BCUT2D eigenvalue weighted by atomic mass is 10.0. The van der Waals surface area contributed by atoms with Crippen LogP contribution >= 0.6 is 15.9 Å². The summed E-state index contributed by atoms with van der Waals surface area (Å²) in [5, 5.41) is 1.87. The fraction of sp³-hybridized carbons (Fsp3) is 0.350. The van der Waals surface area contributed by atoms with Gasteiger partial charge < -0.3 is 14.2 Å². The van der Waals surface area contributed by atoms with Crippen molar-refractivity contribution >= 4 is 38.7 Å². The molecule has 0 N–H and O–H groups in total. The molecule has 134 valence electrons. The number of esters is 1. The molecular formula is C20H23BrO4. The molecule has 2 rings (SSSR count). The number of ether oxygens (including phenoxy) is 3. The van der Waals surface area contributed by atoms with Crippen molar-refractivity contribution in [3.63, 3.8) is 0 Å². The standard InChI is InChI=1S/C20H23BrO4/c1-5-9-13(20(22)25-6-2)12-16-17(21)19(24-4)15-11-8-7-10-14(15)18(16)23-3/h7-8,10-12H,5-6,9H2,1-4H3. The van der Waals surface area contributed by atoms with Gasteiger partial charge in [0.2, 0.25) is 0 Å². The number of hydrogen-bond donors (Lipinski definition) is 0. The van der Waals surface area contributed by atoms with Gasteiger partial charge in [-0.25, -0.2) is 4.79 Å². The molecule has 0 aromatic heterocycles. The second-order valence-electron chi connectivity index (χ2n) is 5.48. The molecule has 0 atom stereocenters. The monoisotopic (exact) mass is 406 g/mol. The SMILES string of the molecule is CCCC(=Cc1c(Br)c(OC)c2ccccc2c1OC)C(=O)OCC. The van der Waals surface area contributed by atoms with Crippen LogP contribution in [0.3, 0.4) is 0 Å². The zero-order valence-corrected chi connectivity index (χ0v) is 16.6. The molecule has 0 heterocycles. The Kier molecular flexibility index (Phi) is 6.88. The van der Waals surface area contributed by atoms with Crippen LogP contribution in [0.2, 0.25) is 0 Å². The van der Waals surface area contributed by atoms with Crippen LogP contribution in [0.15, 0.2) is 34.3 Å². The maximum Gasteiger partial charge on any atom is 0.334 e. The average molecular weight is 407 g/mol. The highest BCUT2D eigenvalue weighted by atomic mass is 79.9. The number of hydrogen-bond acceptors (Lipinski definition) is 4. The quantitative estimate of drug-likeness (QED) is 0.458. The third-order valence-corrected chi connectivity index (χ3v) is 4.67. The molecule has 2 aromatic rings. The fourth-order valence-electron chi connectivity index (χ4n) is 2.81. The van der Waals surface area contributed by atoms with E-state index < -0.39 is 0 Å². The molecule has 0 bridgehead atoms. The first kappa shape index (κ1) is 19.3. The van der Waals surface area contributed by atoms with E-state index in [0.29, 0.717) is 30.1 Å². The van der Waals surface area contributed by atoms with Gasteiger partial charge in [-0.15, -0.1) is 0 Å². The van der Waals surface area contributed by atoms with E-state index in [1.165, 1.54) is 0 Å². The highest BCUT2D eigenvalue weighted by Gasteiger charge is 2.20. The number of methoxy groups -OCH3 is 2. The molecular weight excluding hydrogens is 384 g/mol. The predicted molar refractivity (Wildman–Crippen MR) is 104 cm³/mol. The largest absolute Gasteiger partial charge is 0.495 e. The summed E-state index contributed by atoms with van der Waals surface area (Å²) in [7, 11) is 3.26. The Labute approximate surface area is 156 Å². The molecule has 0 fully saturated rings. The van der Waals surface area contributed by atoms with Crippen LogP contribution in [-0.2, 0) is 9.53 Å². The number of carbonyl (C=O) groups excluding carboxylic acids is 1. The smallest absolute Gasteiger partial charge is 0.334 e. The van der Waals surface area contributed by atoms with Gasteiger partial charge in [0, 0.05) is 21.9 Å². The molecule has 0 spiro atoms. The molecule has 0 aliphatic rings. The van der Waals surface area contributed by atoms with Crippen molar-refractivity contribution in [3.8, 4) is 11.5 Å². The Morgan fingerprint density at radius 3 is 2.20 bits per heavy atom.